The topological polar surface area (TPSA) is 0 Å². The van der Waals surface area contributed by atoms with Gasteiger partial charge in [0, 0.05) is 0 Å². The fraction of sp³-hybridized carbons (Fsp3) is 0.667. The van der Waals surface area contributed by atoms with Crippen LogP contribution in [-0.2, 0) is 0 Å². The van der Waals surface area contributed by atoms with Gasteiger partial charge in [0.05, 0.1) is 0 Å². The molecule has 66 valence electrons. The van der Waals surface area contributed by atoms with E-state index in [0.717, 1.165) is 5.92 Å². The van der Waals surface area contributed by atoms with Crippen LogP contribution in [0.5, 0.6) is 0 Å². The molecule has 2 aliphatic rings. The lowest BCUT2D eigenvalue weighted by Crippen LogP contribution is -2.05. The summed E-state index contributed by atoms with van der Waals surface area (Å²) in [6, 6.07) is 0. The van der Waals surface area contributed by atoms with Gasteiger partial charge in [-0.3, -0.25) is 0 Å². The monoisotopic (exact) mass is 162 g/mol. The highest BCUT2D eigenvalue weighted by Gasteiger charge is 2.18. The first kappa shape index (κ1) is 8.10. The molecule has 0 heterocycles. The van der Waals surface area contributed by atoms with Gasteiger partial charge in [-0.25, -0.2) is 0 Å². The van der Waals surface area contributed by atoms with Crippen molar-refractivity contribution in [3.8, 4) is 0 Å². The molecule has 0 bridgehead atoms. The second-order valence-corrected chi connectivity index (χ2v) is 4.12. The van der Waals surface area contributed by atoms with Gasteiger partial charge in [0.15, 0.2) is 0 Å². The Hall–Kier alpha value is -0.520. The van der Waals surface area contributed by atoms with Gasteiger partial charge in [-0.1, -0.05) is 23.3 Å². The maximum Gasteiger partial charge on any atom is -0.00178 e. The molecule has 1 unspecified atom stereocenters. The standard InChI is InChI=1S/C12H18/c1-10-6-2-5-9-12(10)11-7-3-4-8-11/h3,7,11H,2,4-6,8-9H2,1H3. The molecular weight excluding hydrogens is 144 g/mol. The molecule has 12 heavy (non-hydrogen) atoms. The fourth-order valence-corrected chi connectivity index (χ4v) is 2.50. The lowest BCUT2D eigenvalue weighted by Gasteiger charge is -2.21. The minimum atomic E-state index is 0.824. The van der Waals surface area contributed by atoms with E-state index in [1.165, 1.54) is 38.5 Å². The van der Waals surface area contributed by atoms with Gasteiger partial charge in [0.1, 0.15) is 0 Å². The molecule has 0 nitrogen and oxygen atoms in total. The van der Waals surface area contributed by atoms with E-state index in [9.17, 15) is 0 Å². The molecule has 2 aliphatic carbocycles. The Morgan fingerprint density at radius 2 is 2.08 bits per heavy atom. The van der Waals surface area contributed by atoms with Crippen LogP contribution in [0, 0.1) is 5.92 Å². The van der Waals surface area contributed by atoms with Crippen molar-refractivity contribution in [3.63, 3.8) is 0 Å². The van der Waals surface area contributed by atoms with Crippen LogP contribution in [0.1, 0.15) is 45.4 Å². The number of hydrogen-bond donors (Lipinski definition) is 0. The highest BCUT2D eigenvalue weighted by molar-refractivity contribution is 5.23. The largest absolute Gasteiger partial charge is 0.0879 e. The Balaban J connectivity index is 2.14. The Morgan fingerprint density at radius 1 is 1.25 bits per heavy atom. The van der Waals surface area contributed by atoms with Crippen molar-refractivity contribution in [3.05, 3.63) is 23.3 Å². The summed E-state index contributed by atoms with van der Waals surface area (Å²) < 4.78 is 0. The first-order chi connectivity index (χ1) is 5.88. The van der Waals surface area contributed by atoms with Gasteiger partial charge < -0.3 is 0 Å². The van der Waals surface area contributed by atoms with Crippen LogP contribution in [0.2, 0.25) is 0 Å². The highest BCUT2D eigenvalue weighted by Crippen LogP contribution is 2.35. The first-order valence-corrected chi connectivity index (χ1v) is 5.23. The molecule has 0 saturated heterocycles. The zero-order valence-electron chi connectivity index (χ0n) is 7.97. The summed E-state index contributed by atoms with van der Waals surface area (Å²) in [5.74, 6) is 0.824. The summed E-state index contributed by atoms with van der Waals surface area (Å²) in [6.07, 6.45) is 13.0. The third kappa shape index (κ3) is 1.48. The van der Waals surface area contributed by atoms with Crippen LogP contribution in [0.25, 0.3) is 0 Å². The predicted molar refractivity (Wildman–Crippen MR) is 53.0 cm³/mol. The van der Waals surface area contributed by atoms with Crippen molar-refractivity contribution in [2.24, 2.45) is 5.92 Å². The van der Waals surface area contributed by atoms with Crippen LogP contribution in [0.3, 0.4) is 0 Å². The molecule has 2 rings (SSSR count). The minimum Gasteiger partial charge on any atom is -0.0879 e. The maximum absolute atomic E-state index is 2.42. The van der Waals surface area contributed by atoms with Crippen LogP contribution in [-0.4, -0.2) is 0 Å². The van der Waals surface area contributed by atoms with Crippen molar-refractivity contribution in [2.75, 3.05) is 0 Å². The van der Waals surface area contributed by atoms with Crippen molar-refractivity contribution < 1.29 is 0 Å². The summed E-state index contributed by atoms with van der Waals surface area (Å²) in [5, 5.41) is 0. The second kappa shape index (κ2) is 3.47. The van der Waals surface area contributed by atoms with E-state index in [1.54, 1.807) is 11.1 Å². The quantitative estimate of drug-likeness (QED) is 0.514. The van der Waals surface area contributed by atoms with Crippen molar-refractivity contribution >= 4 is 0 Å². The number of allylic oxidation sites excluding steroid dienone is 4. The molecule has 0 heteroatoms. The van der Waals surface area contributed by atoms with Crippen molar-refractivity contribution in [2.45, 2.75) is 45.4 Å². The molecule has 0 saturated carbocycles. The van der Waals surface area contributed by atoms with Crippen molar-refractivity contribution in [1.82, 2.24) is 0 Å². The molecule has 0 fully saturated rings. The van der Waals surface area contributed by atoms with Gasteiger partial charge in [-0.05, 0) is 51.4 Å². The highest BCUT2D eigenvalue weighted by atomic mass is 14.2. The summed E-state index contributed by atoms with van der Waals surface area (Å²) in [5.41, 5.74) is 3.47. The molecule has 0 aromatic heterocycles. The summed E-state index contributed by atoms with van der Waals surface area (Å²) >= 11 is 0. The lowest BCUT2D eigenvalue weighted by molar-refractivity contribution is 0.593. The van der Waals surface area contributed by atoms with Gasteiger partial charge in [0.2, 0.25) is 0 Å². The van der Waals surface area contributed by atoms with Crippen LogP contribution < -0.4 is 0 Å². The third-order valence-corrected chi connectivity index (χ3v) is 3.26. The van der Waals surface area contributed by atoms with Gasteiger partial charge in [-0.15, -0.1) is 0 Å². The number of hydrogen-bond acceptors (Lipinski definition) is 0. The van der Waals surface area contributed by atoms with Crippen LogP contribution in [0.4, 0.5) is 0 Å². The van der Waals surface area contributed by atoms with E-state index in [-0.39, 0.29) is 0 Å². The Labute approximate surface area is 75.4 Å². The van der Waals surface area contributed by atoms with E-state index in [4.69, 9.17) is 0 Å². The molecule has 0 aromatic rings. The Kier molecular flexibility index (Phi) is 2.34. The Bertz CT molecular complexity index is 220. The summed E-state index contributed by atoms with van der Waals surface area (Å²) in [6.45, 7) is 2.33. The van der Waals surface area contributed by atoms with Crippen molar-refractivity contribution in [1.29, 1.82) is 0 Å². The van der Waals surface area contributed by atoms with Crippen LogP contribution >= 0.6 is 0 Å². The molecular formula is C12H18. The van der Waals surface area contributed by atoms with Gasteiger partial charge in [0.25, 0.3) is 0 Å². The van der Waals surface area contributed by atoms with E-state index < -0.39 is 0 Å². The van der Waals surface area contributed by atoms with E-state index in [0.29, 0.717) is 0 Å². The van der Waals surface area contributed by atoms with E-state index >= 15 is 0 Å². The molecule has 0 N–H and O–H groups in total. The maximum atomic E-state index is 2.42. The normalized spacial score (nSPS) is 29.9. The third-order valence-electron chi connectivity index (χ3n) is 3.26. The summed E-state index contributed by atoms with van der Waals surface area (Å²) in [4.78, 5) is 0. The molecule has 0 amide bonds. The van der Waals surface area contributed by atoms with E-state index in [1.807, 2.05) is 0 Å². The molecule has 0 spiro atoms. The molecule has 1 atom stereocenters. The van der Waals surface area contributed by atoms with Crippen LogP contribution in [0.15, 0.2) is 23.3 Å². The minimum absolute atomic E-state index is 0.824. The van der Waals surface area contributed by atoms with E-state index in [2.05, 4.69) is 19.1 Å². The average Bonchev–Trinajstić information content (AvgIpc) is 2.57. The van der Waals surface area contributed by atoms with Gasteiger partial charge in [-0.2, -0.15) is 0 Å². The predicted octanol–water partition coefficient (Wildman–Crippen LogP) is 3.84. The fourth-order valence-electron chi connectivity index (χ4n) is 2.50. The zero-order chi connectivity index (χ0) is 8.39. The number of rotatable bonds is 1. The molecule has 0 aromatic carbocycles. The molecule has 0 radical (unpaired) electrons. The molecule has 0 aliphatic heterocycles. The average molecular weight is 162 g/mol. The summed E-state index contributed by atoms with van der Waals surface area (Å²) in [7, 11) is 0. The second-order valence-electron chi connectivity index (χ2n) is 4.12. The SMILES string of the molecule is CC1=C(C2C=CCC2)CCCC1. The lowest BCUT2D eigenvalue weighted by atomic mass is 9.84. The Morgan fingerprint density at radius 3 is 2.75 bits per heavy atom. The first-order valence-electron chi connectivity index (χ1n) is 5.23. The van der Waals surface area contributed by atoms with Gasteiger partial charge >= 0.3 is 0 Å². The smallest absolute Gasteiger partial charge is 0.00178 e. The zero-order valence-corrected chi connectivity index (χ0v) is 7.97.